The highest BCUT2D eigenvalue weighted by Gasteiger charge is 2.40. The molecule has 2 bridgehead atoms. The zero-order chi connectivity index (χ0) is 20.7. The van der Waals surface area contributed by atoms with Gasteiger partial charge in [0.05, 0.1) is 5.69 Å². The Balaban J connectivity index is 1.24. The minimum absolute atomic E-state index is 0.161. The van der Waals surface area contributed by atoms with Crippen molar-refractivity contribution in [3.8, 4) is 0 Å². The lowest BCUT2D eigenvalue weighted by Crippen LogP contribution is -2.57. The van der Waals surface area contributed by atoms with E-state index in [2.05, 4.69) is 31.3 Å². The van der Waals surface area contributed by atoms with Gasteiger partial charge in [-0.05, 0) is 37.1 Å². The number of nitrogens with one attached hydrogen (secondary N) is 1. The molecule has 3 unspecified atom stereocenters. The van der Waals surface area contributed by atoms with Crippen LogP contribution in [0.25, 0.3) is 11.0 Å². The number of benzene rings is 1. The standard InChI is InChI=1S/C23H28N6O/c1-16-21-10-17(12-25-22(21)27(2)26-16)11-24-13-20-15-29(19-8-9-28(20)14-19)23(30)18-6-4-3-5-7-18/h3-7,10,12,19-20,24H,8-9,11,13-15H2,1-2H3. The maximum Gasteiger partial charge on any atom is 0.254 e. The normalized spacial score (nSPS) is 23.3. The van der Waals surface area contributed by atoms with Crippen molar-refractivity contribution >= 4 is 16.9 Å². The molecule has 0 saturated carbocycles. The van der Waals surface area contributed by atoms with E-state index < -0.39 is 0 Å². The van der Waals surface area contributed by atoms with Crippen LogP contribution < -0.4 is 5.32 Å². The van der Waals surface area contributed by atoms with Gasteiger partial charge in [-0.25, -0.2) is 4.98 Å². The predicted molar refractivity (Wildman–Crippen MR) is 116 cm³/mol. The summed E-state index contributed by atoms with van der Waals surface area (Å²) in [6.07, 6.45) is 2.99. The van der Waals surface area contributed by atoms with Crippen molar-refractivity contribution in [3.05, 3.63) is 59.4 Å². The minimum atomic E-state index is 0.161. The SMILES string of the molecule is Cc1nn(C)c2ncc(CNCC3CN(C(=O)c4ccccc4)C4CCN3C4)cc12. The van der Waals surface area contributed by atoms with Crippen LogP contribution in [0.1, 0.15) is 28.0 Å². The third kappa shape index (κ3) is 3.48. The van der Waals surface area contributed by atoms with Crippen LogP contribution in [0.2, 0.25) is 0 Å². The van der Waals surface area contributed by atoms with Crippen LogP contribution in [0.5, 0.6) is 0 Å². The number of carbonyl (C=O) groups excluding carboxylic acids is 1. The molecule has 2 saturated heterocycles. The van der Waals surface area contributed by atoms with Crippen LogP contribution in [0.4, 0.5) is 0 Å². The van der Waals surface area contributed by atoms with Crippen molar-refractivity contribution in [1.29, 1.82) is 0 Å². The van der Waals surface area contributed by atoms with Gasteiger partial charge < -0.3 is 10.2 Å². The van der Waals surface area contributed by atoms with Gasteiger partial charge in [-0.15, -0.1) is 0 Å². The number of amides is 1. The van der Waals surface area contributed by atoms with Gasteiger partial charge in [0.2, 0.25) is 0 Å². The van der Waals surface area contributed by atoms with E-state index in [1.54, 1.807) is 0 Å². The van der Waals surface area contributed by atoms with Crippen molar-refractivity contribution in [1.82, 2.24) is 29.9 Å². The van der Waals surface area contributed by atoms with E-state index in [1.807, 2.05) is 55.2 Å². The Hall–Kier alpha value is -2.77. The second kappa shape index (κ2) is 7.81. The Morgan fingerprint density at radius 2 is 2.07 bits per heavy atom. The van der Waals surface area contributed by atoms with Crippen molar-refractivity contribution in [3.63, 3.8) is 0 Å². The molecule has 2 aliphatic rings. The first-order valence-electron chi connectivity index (χ1n) is 10.7. The number of carbonyl (C=O) groups is 1. The summed E-state index contributed by atoms with van der Waals surface area (Å²) in [5, 5.41) is 9.16. The molecule has 7 nitrogen and oxygen atoms in total. The van der Waals surface area contributed by atoms with Gasteiger partial charge in [-0.2, -0.15) is 5.10 Å². The van der Waals surface area contributed by atoms with E-state index >= 15 is 0 Å². The lowest BCUT2D eigenvalue weighted by molar-refractivity contribution is 0.0495. The van der Waals surface area contributed by atoms with Crippen LogP contribution in [0, 0.1) is 6.92 Å². The molecule has 3 atom stereocenters. The third-order valence-corrected chi connectivity index (χ3v) is 6.47. The Kier molecular flexibility index (Phi) is 5.00. The Labute approximate surface area is 176 Å². The number of aryl methyl sites for hydroxylation is 2. The fourth-order valence-electron chi connectivity index (χ4n) is 4.87. The summed E-state index contributed by atoms with van der Waals surface area (Å²) in [6.45, 7) is 6.47. The minimum Gasteiger partial charge on any atom is -0.333 e. The maximum atomic E-state index is 13.1. The van der Waals surface area contributed by atoms with E-state index in [-0.39, 0.29) is 5.91 Å². The number of hydrogen-bond acceptors (Lipinski definition) is 5. The zero-order valence-corrected chi connectivity index (χ0v) is 17.6. The van der Waals surface area contributed by atoms with Gasteiger partial charge in [0.15, 0.2) is 5.65 Å². The first-order chi connectivity index (χ1) is 14.6. The average Bonchev–Trinajstić information content (AvgIpc) is 3.31. The lowest BCUT2D eigenvalue weighted by atomic mass is 10.1. The summed E-state index contributed by atoms with van der Waals surface area (Å²) in [6, 6.07) is 12.5. The topological polar surface area (TPSA) is 66.3 Å². The molecule has 30 heavy (non-hydrogen) atoms. The molecule has 2 fully saturated rings. The van der Waals surface area contributed by atoms with Crippen LogP contribution in [0.3, 0.4) is 0 Å². The predicted octanol–water partition coefficient (Wildman–Crippen LogP) is 1.97. The monoisotopic (exact) mass is 404 g/mol. The maximum absolute atomic E-state index is 13.1. The molecule has 4 heterocycles. The van der Waals surface area contributed by atoms with Crippen LogP contribution in [-0.2, 0) is 13.6 Å². The van der Waals surface area contributed by atoms with Gasteiger partial charge in [-0.1, -0.05) is 18.2 Å². The summed E-state index contributed by atoms with van der Waals surface area (Å²) < 4.78 is 1.83. The molecule has 156 valence electrons. The van der Waals surface area contributed by atoms with Crippen LogP contribution >= 0.6 is 0 Å². The van der Waals surface area contributed by atoms with Gasteiger partial charge >= 0.3 is 0 Å². The summed E-state index contributed by atoms with van der Waals surface area (Å²) >= 11 is 0. The largest absolute Gasteiger partial charge is 0.333 e. The summed E-state index contributed by atoms with van der Waals surface area (Å²) in [7, 11) is 1.93. The average molecular weight is 405 g/mol. The highest BCUT2D eigenvalue weighted by atomic mass is 16.2. The van der Waals surface area contributed by atoms with Gasteiger partial charge in [0.1, 0.15) is 0 Å². The molecule has 1 N–H and O–H groups in total. The van der Waals surface area contributed by atoms with Crippen LogP contribution in [-0.4, -0.2) is 68.7 Å². The number of nitrogens with zero attached hydrogens (tertiary/aromatic N) is 5. The van der Waals surface area contributed by atoms with E-state index in [1.165, 1.54) is 0 Å². The van der Waals surface area contributed by atoms with Crippen molar-refractivity contribution in [2.75, 3.05) is 26.2 Å². The van der Waals surface area contributed by atoms with Crippen molar-refractivity contribution in [2.24, 2.45) is 7.05 Å². The number of pyridine rings is 1. The zero-order valence-electron chi connectivity index (χ0n) is 17.6. The molecule has 0 spiro atoms. The molecular formula is C23H28N6O. The summed E-state index contributed by atoms with van der Waals surface area (Å²) in [4.78, 5) is 22.3. The second-order valence-corrected chi connectivity index (χ2v) is 8.47. The smallest absolute Gasteiger partial charge is 0.254 e. The summed E-state index contributed by atoms with van der Waals surface area (Å²) in [5.74, 6) is 0.161. The fraction of sp³-hybridized carbons (Fsp3) is 0.435. The van der Waals surface area contributed by atoms with E-state index in [0.29, 0.717) is 12.1 Å². The second-order valence-electron chi connectivity index (χ2n) is 8.47. The number of hydrogen-bond donors (Lipinski definition) is 1. The van der Waals surface area contributed by atoms with E-state index in [9.17, 15) is 4.79 Å². The molecule has 1 amide bonds. The number of aromatic nitrogens is 3. The molecule has 7 heteroatoms. The molecule has 5 rings (SSSR count). The number of piperazine rings is 1. The van der Waals surface area contributed by atoms with Gasteiger partial charge in [0.25, 0.3) is 5.91 Å². The molecular weight excluding hydrogens is 376 g/mol. The molecule has 1 aromatic carbocycles. The van der Waals surface area contributed by atoms with Crippen molar-refractivity contribution in [2.45, 2.75) is 32.0 Å². The number of rotatable bonds is 5. The molecule has 0 radical (unpaired) electrons. The van der Waals surface area contributed by atoms with Gasteiger partial charge in [-0.3, -0.25) is 14.4 Å². The first-order valence-corrected chi connectivity index (χ1v) is 10.7. The van der Waals surface area contributed by atoms with E-state index in [0.717, 1.165) is 67.0 Å². The summed E-state index contributed by atoms with van der Waals surface area (Å²) in [5.41, 5.74) is 3.87. The number of fused-ring (bicyclic) bond motifs is 3. The molecule has 0 aliphatic carbocycles. The highest BCUT2D eigenvalue weighted by molar-refractivity contribution is 5.94. The quantitative estimate of drug-likeness (QED) is 0.704. The Morgan fingerprint density at radius 1 is 1.23 bits per heavy atom. The Morgan fingerprint density at radius 3 is 2.90 bits per heavy atom. The fourth-order valence-corrected chi connectivity index (χ4v) is 4.87. The Bertz CT molecular complexity index is 1060. The highest BCUT2D eigenvalue weighted by Crippen LogP contribution is 2.26. The molecule has 3 aromatic rings. The molecule has 2 aliphatic heterocycles. The third-order valence-electron chi connectivity index (χ3n) is 6.47. The van der Waals surface area contributed by atoms with Crippen molar-refractivity contribution < 1.29 is 4.79 Å². The van der Waals surface area contributed by atoms with Gasteiger partial charge in [0, 0.05) is 69.0 Å². The van der Waals surface area contributed by atoms with Crippen LogP contribution in [0.15, 0.2) is 42.6 Å². The first kappa shape index (κ1) is 19.2. The van der Waals surface area contributed by atoms with E-state index in [4.69, 9.17) is 0 Å². The molecule has 2 aromatic heterocycles. The lowest BCUT2D eigenvalue weighted by Gasteiger charge is -2.40.